The van der Waals surface area contributed by atoms with Gasteiger partial charge in [0.05, 0.1) is 11.1 Å². The van der Waals surface area contributed by atoms with E-state index in [1.54, 1.807) is 6.20 Å². The highest BCUT2D eigenvalue weighted by atomic mass is 79.9. The van der Waals surface area contributed by atoms with Crippen molar-refractivity contribution in [3.05, 3.63) is 87.1 Å². The highest BCUT2D eigenvalue weighted by Crippen LogP contribution is 2.37. The van der Waals surface area contributed by atoms with Gasteiger partial charge >= 0.3 is 0 Å². The maximum atomic E-state index is 6.03. The summed E-state index contributed by atoms with van der Waals surface area (Å²) in [7, 11) is 0. The van der Waals surface area contributed by atoms with Gasteiger partial charge in [0.25, 0.3) is 0 Å². The number of ether oxygens (including phenoxy) is 2. The second-order valence-corrected chi connectivity index (χ2v) is 7.51. The predicted octanol–water partition coefficient (Wildman–Crippen LogP) is 5.77. The molecule has 1 aromatic heterocycles. The lowest BCUT2D eigenvalue weighted by Crippen LogP contribution is -2.13. The van der Waals surface area contributed by atoms with E-state index < -0.39 is 0 Å². The van der Waals surface area contributed by atoms with Crippen LogP contribution in [-0.4, -0.2) is 11.6 Å². The van der Waals surface area contributed by atoms with Crippen molar-refractivity contribution in [1.82, 2.24) is 10.3 Å². The summed E-state index contributed by atoms with van der Waals surface area (Å²) >= 11 is 9.57. The van der Waals surface area contributed by atoms with E-state index in [1.807, 2.05) is 49.5 Å². The van der Waals surface area contributed by atoms with Gasteiger partial charge in [0.15, 0.2) is 11.5 Å². The molecule has 0 aliphatic heterocycles. The molecule has 0 radical (unpaired) electrons. The zero-order chi connectivity index (χ0) is 19.8. The number of rotatable bonds is 9. The number of hydrogen-bond donors (Lipinski definition) is 1. The fourth-order valence-electron chi connectivity index (χ4n) is 2.72. The average molecular weight is 462 g/mol. The maximum Gasteiger partial charge on any atom is 0.175 e. The Balaban J connectivity index is 1.67. The SMILES string of the molecule is CCOc1cc(CNCc2cccnc2)cc(Br)c1OCc1ccc(Cl)cc1. The van der Waals surface area contributed by atoms with Crippen LogP contribution >= 0.6 is 27.5 Å². The molecule has 2 aromatic carbocycles. The van der Waals surface area contributed by atoms with Gasteiger partial charge in [0.1, 0.15) is 6.61 Å². The molecule has 1 N–H and O–H groups in total. The lowest BCUT2D eigenvalue weighted by atomic mass is 10.2. The minimum atomic E-state index is 0.439. The number of pyridine rings is 1. The molecule has 0 fully saturated rings. The smallest absolute Gasteiger partial charge is 0.175 e. The van der Waals surface area contributed by atoms with E-state index in [4.69, 9.17) is 21.1 Å². The topological polar surface area (TPSA) is 43.4 Å². The summed E-state index contributed by atoms with van der Waals surface area (Å²) < 4.78 is 12.7. The van der Waals surface area contributed by atoms with E-state index in [2.05, 4.69) is 38.4 Å². The predicted molar refractivity (Wildman–Crippen MR) is 116 cm³/mol. The van der Waals surface area contributed by atoms with Gasteiger partial charge in [0.2, 0.25) is 0 Å². The molecule has 0 saturated carbocycles. The fourth-order valence-corrected chi connectivity index (χ4v) is 3.45. The molecule has 0 spiro atoms. The van der Waals surface area contributed by atoms with Gasteiger partial charge in [-0.3, -0.25) is 4.98 Å². The Labute approximate surface area is 179 Å². The van der Waals surface area contributed by atoms with E-state index in [1.165, 1.54) is 0 Å². The van der Waals surface area contributed by atoms with Gasteiger partial charge in [-0.15, -0.1) is 0 Å². The monoisotopic (exact) mass is 460 g/mol. The first-order chi connectivity index (χ1) is 13.7. The van der Waals surface area contributed by atoms with Crippen molar-refractivity contribution in [3.63, 3.8) is 0 Å². The van der Waals surface area contributed by atoms with Crippen LogP contribution in [0.5, 0.6) is 11.5 Å². The Bertz CT molecular complexity index is 889. The molecule has 6 heteroatoms. The first-order valence-electron chi connectivity index (χ1n) is 9.07. The first kappa shape index (κ1) is 20.6. The zero-order valence-electron chi connectivity index (χ0n) is 15.6. The Morgan fingerprint density at radius 2 is 1.79 bits per heavy atom. The molecule has 0 amide bonds. The van der Waals surface area contributed by atoms with E-state index in [9.17, 15) is 0 Å². The normalized spacial score (nSPS) is 10.7. The van der Waals surface area contributed by atoms with Gasteiger partial charge in [-0.1, -0.05) is 29.8 Å². The van der Waals surface area contributed by atoms with E-state index in [0.717, 1.165) is 33.5 Å². The van der Waals surface area contributed by atoms with Crippen LogP contribution in [0.3, 0.4) is 0 Å². The molecule has 28 heavy (non-hydrogen) atoms. The fraction of sp³-hybridized carbons (Fsp3) is 0.227. The molecule has 0 atom stereocenters. The number of hydrogen-bond acceptors (Lipinski definition) is 4. The van der Waals surface area contributed by atoms with Crippen molar-refractivity contribution >= 4 is 27.5 Å². The minimum Gasteiger partial charge on any atom is -0.490 e. The summed E-state index contributed by atoms with van der Waals surface area (Å²) in [6.07, 6.45) is 3.64. The third-order valence-electron chi connectivity index (χ3n) is 4.05. The minimum absolute atomic E-state index is 0.439. The van der Waals surface area contributed by atoms with Gasteiger partial charge < -0.3 is 14.8 Å². The molecule has 0 saturated heterocycles. The molecule has 0 bridgehead atoms. The van der Waals surface area contributed by atoms with Crippen LogP contribution in [0, 0.1) is 0 Å². The average Bonchev–Trinajstić information content (AvgIpc) is 2.70. The highest BCUT2D eigenvalue weighted by molar-refractivity contribution is 9.10. The Morgan fingerprint density at radius 3 is 2.50 bits per heavy atom. The van der Waals surface area contributed by atoms with Crippen molar-refractivity contribution in [2.24, 2.45) is 0 Å². The van der Waals surface area contributed by atoms with Gasteiger partial charge in [-0.05, 0) is 69.9 Å². The van der Waals surface area contributed by atoms with Crippen molar-refractivity contribution < 1.29 is 9.47 Å². The van der Waals surface area contributed by atoms with Crippen LogP contribution in [-0.2, 0) is 19.7 Å². The van der Waals surface area contributed by atoms with Gasteiger partial charge in [-0.2, -0.15) is 0 Å². The molecular weight excluding hydrogens is 440 g/mol. The van der Waals surface area contributed by atoms with Gasteiger partial charge in [0, 0.05) is 30.5 Å². The number of nitrogens with zero attached hydrogens (tertiary/aromatic N) is 1. The molecule has 0 unspecified atom stereocenters. The molecule has 1 heterocycles. The van der Waals surface area contributed by atoms with Crippen LogP contribution in [0.25, 0.3) is 0 Å². The van der Waals surface area contributed by atoms with E-state index in [0.29, 0.717) is 30.5 Å². The molecule has 0 aliphatic carbocycles. The summed E-state index contributed by atoms with van der Waals surface area (Å²) in [6.45, 7) is 4.43. The largest absolute Gasteiger partial charge is 0.490 e. The number of nitrogens with one attached hydrogen (secondary N) is 1. The van der Waals surface area contributed by atoms with Crippen molar-refractivity contribution in [2.75, 3.05) is 6.61 Å². The molecule has 146 valence electrons. The van der Waals surface area contributed by atoms with Crippen LogP contribution in [0.15, 0.2) is 65.4 Å². The van der Waals surface area contributed by atoms with E-state index in [-0.39, 0.29) is 0 Å². The van der Waals surface area contributed by atoms with Crippen LogP contribution in [0.1, 0.15) is 23.6 Å². The molecule has 3 aromatic rings. The summed E-state index contributed by atoms with van der Waals surface area (Å²) in [5.74, 6) is 1.43. The van der Waals surface area contributed by atoms with Crippen molar-refractivity contribution in [2.45, 2.75) is 26.6 Å². The van der Waals surface area contributed by atoms with Crippen molar-refractivity contribution in [1.29, 1.82) is 0 Å². The summed E-state index contributed by atoms with van der Waals surface area (Å²) in [4.78, 5) is 4.13. The Hall–Kier alpha value is -2.08. The van der Waals surface area contributed by atoms with Crippen molar-refractivity contribution in [3.8, 4) is 11.5 Å². The third kappa shape index (κ3) is 5.96. The number of aromatic nitrogens is 1. The maximum absolute atomic E-state index is 6.03. The zero-order valence-corrected chi connectivity index (χ0v) is 18.0. The third-order valence-corrected chi connectivity index (χ3v) is 4.89. The summed E-state index contributed by atoms with van der Waals surface area (Å²) in [5, 5.41) is 4.14. The van der Waals surface area contributed by atoms with E-state index >= 15 is 0 Å². The number of halogens is 2. The summed E-state index contributed by atoms with van der Waals surface area (Å²) in [5.41, 5.74) is 3.30. The standard InChI is InChI=1S/C22H22BrClN2O2/c1-2-27-21-11-18(14-26-13-17-4-3-9-25-12-17)10-20(23)22(21)28-15-16-5-7-19(24)8-6-16/h3-12,26H,2,13-15H2,1H3. The highest BCUT2D eigenvalue weighted by Gasteiger charge is 2.13. The van der Waals surface area contributed by atoms with Crippen LogP contribution in [0.2, 0.25) is 5.02 Å². The lowest BCUT2D eigenvalue weighted by Gasteiger charge is -2.16. The Morgan fingerprint density at radius 1 is 1.00 bits per heavy atom. The molecule has 4 nitrogen and oxygen atoms in total. The number of benzene rings is 2. The second-order valence-electron chi connectivity index (χ2n) is 6.22. The van der Waals surface area contributed by atoms with Crippen LogP contribution < -0.4 is 14.8 Å². The molecule has 0 aliphatic rings. The molecule has 3 rings (SSSR count). The lowest BCUT2D eigenvalue weighted by molar-refractivity contribution is 0.267. The summed E-state index contributed by atoms with van der Waals surface area (Å²) in [6, 6.07) is 15.7. The molecular formula is C22H22BrClN2O2. The quantitative estimate of drug-likeness (QED) is 0.440. The Kier molecular flexibility index (Phi) is 7.71. The first-order valence-corrected chi connectivity index (χ1v) is 10.2. The van der Waals surface area contributed by atoms with Crippen LogP contribution in [0.4, 0.5) is 0 Å². The second kappa shape index (κ2) is 10.5. The van der Waals surface area contributed by atoms with Gasteiger partial charge in [-0.25, -0.2) is 0 Å².